The first-order chi connectivity index (χ1) is 7.31. The molecule has 0 aliphatic carbocycles. The van der Waals surface area contributed by atoms with E-state index in [4.69, 9.17) is 5.26 Å². The van der Waals surface area contributed by atoms with E-state index in [0.29, 0.717) is 12.2 Å². The van der Waals surface area contributed by atoms with Gasteiger partial charge in [0.25, 0.3) is 5.91 Å². The first-order valence-corrected chi connectivity index (χ1v) is 5.82. The summed E-state index contributed by atoms with van der Waals surface area (Å²) >= 11 is 1.41. The van der Waals surface area contributed by atoms with Crippen molar-refractivity contribution in [3.63, 3.8) is 0 Å². The Morgan fingerprint density at radius 2 is 2.60 bits per heavy atom. The van der Waals surface area contributed by atoms with Crippen molar-refractivity contribution in [1.82, 2.24) is 9.88 Å². The van der Waals surface area contributed by atoms with Crippen LogP contribution in [0, 0.1) is 17.2 Å². The quantitative estimate of drug-likeness (QED) is 0.722. The summed E-state index contributed by atoms with van der Waals surface area (Å²) in [7, 11) is 0. The van der Waals surface area contributed by atoms with Gasteiger partial charge in [0.15, 0.2) is 0 Å². The lowest BCUT2D eigenvalue weighted by atomic mass is 9.99. The molecule has 2 rings (SSSR count). The smallest absolute Gasteiger partial charge is 0.273 e. The molecule has 0 N–H and O–H groups in total. The molecule has 1 aliphatic heterocycles. The first kappa shape index (κ1) is 10.1. The van der Waals surface area contributed by atoms with Crippen molar-refractivity contribution in [2.45, 2.75) is 12.8 Å². The number of nitriles is 1. The summed E-state index contributed by atoms with van der Waals surface area (Å²) in [4.78, 5) is 17.6. The largest absolute Gasteiger partial charge is 0.336 e. The van der Waals surface area contributed by atoms with Crippen LogP contribution < -0.4 is 0 Å². The lowest BCUT2D eigenvalue weighted by Crippen LogP contribution is -2.39. The summed E-state index contributed by atoms with van der Waals surface area (Å²) in [5.41, 5.74) is 2.15. The molecule has 0 radical (unpaired) electrons. The number of carbonyl (C=O) groups excluding carboxylic acids is 1. The molecule has 0 saturated carbocycles. The second kappa shape index (κ2) is 4.41. The second-order valence-electron chi connectivity index (χ2n) is 3.59. The molecule has 1 atom stereocenters. The van der Waals surface area contributed by atoms with E-state index in [1.54, 1.807) is 15.8 Å². The van der Waals surface area contributed by atoms with Crippen molar-refractivity contribution >= 4 is 17.2 Å². The molecular formula is C10H11N3OS. The fourth-order valence-electron chi connectivity index (χ4n) is 1.75. The monoisotopic (exact) mass is 221 g/mol. The van der Waals surface area contributed by atoms with E-state index in [1.165, 1.54) is 11.3 Å². The summed E-state index contributed by atoms with van der Waals surface area (Å²) in [6, 6.07) is 2.22. The van der Waals surface area contributed by atoms with E-state index < -0.39 is 0 Å². The Morgan fingerprint density at radius 3 is 3.27 bits per heavy atom. The second-order valence-corrected chi connectivity index (χ2v) is 4.31. The molecular weight excluding hydrogens is 210 g/mol. The van der Waals surface area contributed by atoms with Crippen LogP contribution in [0.15, 0.2) is 10.9 Å². The highest BCUT2D eigenvalue weighted by atomic mass is 32.1. The molecule has 15 heavy (non-hydrogen) atoms. The summed E-state index contributed by atoms with van der Waals surface area (Å²) in [6.07, 6.45) is 1.81. The zero-order chi connectivity index (χ0) is 10.7. The Labute approximate surface area is 92.2 Å². The molecule has 1 unspecified atom stereocenters. The molecule has 1 fully saturated rings. The molecule has 0 bridgehead atoms. The van der Waals surface area contributed by atoms with Gasteiger partial charge >= 0.3 is 0 Å². The Hall–Kier alpha value is -1.41. The number of nitrogens with zero attached hydrogens (tertiary/aromatic N) is 3. The summed E-state index contributed by atoms with van der Waals surface area (Å²) in [6.45, 7) is 1.29. The van der Waals surface area contributed by atoms with E-state index >= 15 is 0 Å². The standard InChI is InChI=1S/C10H11N3OS/c11-4-8-2-1-3-13(5-8)10(14)9-6-15-7-12-9/h6-8H,1-3,5H2. The first-order valence-electron chi connectivity index (χ1n) is 4.88. The lowest BCUT2D eigenvalue weighted by Gasteiger charge is -2.28. The number of hydrogen-bond acceptors (Lipinski definition) is 4. The van der Waals surface area contributed by atoms with Crippen LogP contribution in [0.5, 0.6) is 0 Å². The van der Waals surface area contributed by atoms with Gasteiger partial charge < -0.3 is 4.90 Å². The highest BCUT2D eigenvalue weighted by Crippen LogP contribution is 2.17. The minimum absolute atomic E-state index is 0.0127. The molecule has 5 heteroatoms. The number of rotatable bonds is 1. The number of hydrogen-bond donors (Lipinski definition) is 0. The lowest BCUT2D eigenvalue weighted by molar-refractivity contribution is 0.0693. The third-order valence-corrected chi connectivity index (χ3v) is 3.13. The average Bonchev–Trinajstić information content (AvgIpc) is 2.81. The van der Waals surface area contributed by atoms with Crippen molar-refractivity contribution in [2.24, 2.45) is 5.92 Å². The van der Waals surface area contributed by atoms with Gasteiger partial charge in [-0.1, -0.05) is 0 Å². The SMILES string of the molecule is N#CC1CCCN(C(=O)c2cscn2)C1. The number of thiazole rings is 1. The summed E-state index contributed by atoms with van der Waals surface area (Å²) in [5.74, 6) is -0.0578. The number of carbonyl (C=O) groups is 1. The van der Waals surface area contributed by atoms with Crippen LogP contribution in [0.1, 0.15) is 23.3 Å². The van der Waals surface area contributed by atoms with Crippen molar-refractivity contribution in [3.8, 4) is 6.07 Å². The Bertz CT molecular complexity index is 382. The van der Waals surface area contributed by atoms with E-state index in [9.17, 15) is 4.79 Å². The van der Waals surface area contributed by atoms with Gasteiger partial charge in [-0.05, 0) is 12.8 Å². The Balaban J connectivity index is 2.05. The van der Waals surface area contributed by atoms with Gasteiger partial charge in [-0.25, -0.2) is 4.98 Å². The normalized spacial score (nSPS) is 21.0. The van der Waals surface area contributed by atoms with Crippen molar-refractivity contribution < 1.29 is 4.79 Å². The minimum Gasteiger partial charge on any atom is -0.336 e. The van der Waals surface area contributed by atoms with Crippen molar-refractivity contribution in [1.29, 1.82) is 5.26 Å². The molecule has 1 saturated heterocycles. The molecule has 1 aromatic rings. The zero-order valence-corrected chi connectivity index (χ0v) is 9.04. The third-order valence-electron chi connectivity index (χ3n) is 2.54. The van der Waals surface area contributed by atoms with Gasteiger partial charge in [0, 0.05) is 18.5 Å². The van der Waals surface area contributed by atoms with Crippen LogP contribution in [-0.4, -0.2) is 28.9 Å². The molecule has 4 nitrogen and oxygen atoms in total. The van der Waals surface area contributed by atoms with Crippen LogP contribution in [0.4, 0.5) is 0 Å². The minimum atomic E-state index is -0.0452. The van der Waals surface area contributed by atoms with Gasteiger partial charge in [0.2, 0.25) is 0 Å². The number of piperidine rings is 1. The van der Waals surface area contributed by atoms with Crippen LogP contribution in [0.2, 0.25) is 0 Å². The van der Waals surface area contributed by atoms with Crippen LogP contribution in [-0.2, 0) is 0 Å². The van der Waals surface area contributed by atoms with E-state index in [1.807, 2.05) is 0 Å². The van der Waals surface area contributed by atoms with Gasteiger partial charge in [-0.2, -0.15) is 5.26 Å². The van der Waals surface area contributed by atoms with Crippen molar-refractivity contribution in [2.75, 3.05) is 13.1 Å². The fourth-order valence-corrected chi connectivity index (χ4v) is 2.27. The number of aromatic nitrogens is 1. The molecule has 1 aliphatic rings. The maximum Gasteiger partial charge on any atom is 0.273 e. The van der Waals surface area contributed by atoms with Gasteiger partial charge in [0.1, 0.15) is 5.69 Å². The van der Waals surface area contributed by atoms with Crippen LogP contribution >= 0.6 is 11.3 Å². The van der Waals surface area contributed by atoms with Crippen LogP contribution in [0.3, 0.4) is 0 Å². The molecule has 0 spiro atoms. The summed E-state index contributed by atoms with van der Waals surface area (Å²) in [5, 5.41) is 10.6. The predicted molar refractivity (Wildman–Crippen MR) is 56.4 cm³/mol. The van der Waals surface area contributed by atoms with E-state index in [0.717, 1.165) is 19.4 Å². The molecule has 78 valence electrons. The van der Waals surface area contributed by atoms with E-state index in [2.05, 4.69) is 11.1 Å². The molecule has 2 heterocycles. The number of likely N-dealkylation sites (tertiary alicyclic amines) is 1. The maximum atomic E-state index is 11.9. The maximum absolute atomic E-state index is 11.9. The predicted octanol–water partition coefficient (Wildman–Crippen LogP) is 1.52. The van der Waals surface area contributed by atoms with Crippen LogP contribution in [0.25, 0.3) is 0 Å². The Kier molecular flexibility index (Phi) is 2.97. The van der Waals surface area contributed by atoms with Gasteiger partial charge in [0.05, 0.1) is 17.5 Å². The summed E-state index contributed by atoms with van der Waals surface area (Å²) < 4.78 is 0. The molecule has 1 amide bonds. The molecule has 0 aromatic carbocycles. The van der Waals surface area contributed by atoms with Crippen molar-refractivity contribution in [3.05, 3.63) is 16.6 Å². The van der Waals surface area contributed by atoms with E-state index in [-0.39, 0.29) is 11.8 Å². The third kappa shape index (κ3) is 2.16. The zero-order valence-electron chi connectivity index (χ0n) is 8.22. The topological polar surface area (TPSA) is 57.0 Å². The highest BCUT2D eigenvalue weighted by Gasteiger charge is 2.24. The molecule has 1 aromatic heterocycles. The number of amides is 1. The van der Waals surface area contributed by atoms with Gasteiger partial charge in [-0.15, -0.1) is 11.3 Å². The average molecular weight is 221 g/mol. The fraction of sp³-hybridized carbons (Fsp3) is 0.500. The highest BCUT2D eigenvalue weighted by molar-refractivity contribution is 7.07. The van der Waals surface area contributed by atoms with Gasteiger partial charge in [-0.3, -0.25) is 4.79 Å². The Morgan fingerprint density at radius 1 is 1.73 bits per heavy atom.